The molecule has 0 aliphatic carbocycles. The van der Waals surface area contributed by atoms with Crippen molar-refractivity contribution in [1.29, 1.82) is 0 Å². The number of fused-ring (bicyclic) bond motifs is 1. The number of nitrogens with one attached hydrogen (secondary N) is 5. The van der Waals surface area contributed by atoms with Gasteiger partial charge in [-0.05, 0) is 50.6 Å². The predicted octanol–water partition coefficient (Wildman–Crippen LogP) is -1.15. The van der Waals surface area contributed by atoms with Gasteiger partial charge in [-0.25, -0.2) is 14.8 Å². The highest BCUT2D eigenvalue weighted by molar-refractivity contribution is 5.97. The van der Waals surface area contributed by atoms with Gasteiger partial charge in [0.25, 0.3) is 11.5 Å². The number of ketones is 1. The Morgan fingerprint density at radius 2 is 1.57 bits per heavy atom. The van der Waals surface area contributed by atoms with E-state index in [4.69, 9.17) is 15.9 Å². The second-order valence-electron chi connectivity index (χ2n) is 10.3. The van der Waals surface area contributed by atoms with E-state index >= 15 is 0 Å². The second kappa shape index (κ2) is 16.4. The topological polar surface area (TPSA) is 309 Å². The van der Waals surface area contributed by atoms with Crippen LogP contribution in [0.25, 0.3) is 11.2 Å². The number of benzene rings is 1. The summed E-state index contributed by atoms with van der Waals surface area (Å²) in [5.74, 6) is -6.26. The molecule has 10 N–H and O–H groups in total. The number of nitrogens with zero attached hydrogens (tertiary/aromatic N) is 3. The van der Waals surface area contributed by atoms with Gasteiger partial charge in [-0.2, -0.15) is 4.98 Å². The van der Waals surface area contributed by atoms with Crippen LogP contribution in [0.1, 0.15) is 48.7 Å². The number of carbonyl (C=O) groups is 6. The number of nitrogens with two attached hydrogens (primary N) is 1. The molecule has 19 nitrogen and oxygen atoms in total. The number of hydrogen-bond acceptors (Lipinski definition) is 13. The summed E-state index contributed by atoms with van der Waals surface area (Å²) in [5.41, 5.74) is 6.29. The molecule has 0 aliphatic rings. The average molecular weight is 656 g/mol. The van der Waals surface area contributed by atoms with Gasteiger partial charge in [-0.1, -0.05) is 0 Å². The van der Waals surface area contributed by atoms with Crippen molar-refractivity contribution in [2.24, 2.45) is 0 Å². The highest BCUT2D eigenvalue weighted by Crippen LogP contribution is 2.12. The molecule has 0 unspecified atom stereocenters. The molecule has 3 aromatic rings. The number of Topliss-reactive ketones (excluding diaryl/α,β-unsaturated/α-hetero) is 1. The zero-order chi connectivity index (χ0) is 34.7. The highest BCUT2D eigenvalue weighted by atomic mass is 16.4. The number of H-pyrrole nitrogens is 1. The van der Waals surface area contributed by atoms with Gasteiger partial charge < -0.3 is 42.3 Å². The van der Waals surface area contributed by atoms with Gasteiger partial charge >= 0.3 is 17.9 Å². The lowest BCUT2D eigenvalue weighted by Gasteiger charge is -2.21. The number of aromatic amines is 1. The van der Waals surface area contributed by atoms with Crippen LogP contribution in [0, 0.1) is 0 Å². The lowest BCUT2D eigenvalue weighted by molar-refractivity contribution is -0.142. The van der Waals surface area contributed by atoms with E-state index in [1.54, 1.807) is 12.1 Å². The molecule has 250 valence electrons. The quantitative estimate of drug-likeness (QED) is 0.0731. The molecule has 1 aromatic carbocycles. The maximum atomic E-state index is 12.8. The third kappa shape index (κ3) is 10.8. The molecular weight excluding hydrogens is 622 g/mol. The van der Waals surface area contributed by atoms with Crippen molar-refractivity contribution >= 4 is 58.3 Å². The Morgan fingerprint density at radius 3 is 2.19 bits per heavy atom. The minimum absolute atomic E-state index is 0.0237. The largest absolute Gasteiger partial charge is 0.481 e. The molecule has 2 heterocycles. The van der Waals surface area contributed by atoms with E-state index < -0.39 is 72.0 Å². The Bertz CT molecular complexity index is 1710. The number of amides is 2. The normalized spacial score (nSPS) is 12.8. The molecule has 0 fully saturated rings. The van der Waals surface area contributed by atoms with Gasteiger partial charge in [0.15, 0.2) is 16.9 Å². The molecule has 3 atom stereocenters. The van der Waals surface area contributed by atoms with Crippen molar-refractivity contribution in [1.82, 2.24) is 35.9 Å². The number of aliphatic carboxylic acids is 3. The number of carboxylic acids is 3. The Hall–Kier alpha value is -5.98. The molecule has 2 amide bonds. The Kier molecular flexibility index (Phi) is 12.4. The Balaban J connectivity index is 1.52. The van der Waals surface area contributed by atoms with Gasteiger partial charge in [0, 0.05) is 11.3 Å². The number of hydrogen-bond donors (Lipinski definition) is 9. The number of aromatic nitrogens is 4. The van der Waals surface area contributed by atoms with Gasteiger partial charge in [0.05, 0.1) is 43.4 Å². The first-order chi connectivity index (χ1) is 22.2. The number of carbonyl (C=O) groups excluding carboxylic acids is 3. The molecule has 0 saturated carbocycles. The van der Waals surface area contributed by atoms with Crippen molar-refractivity contribution in [2.75, 3.05) is 17.6 Å². The summed E-state index contributed by atoms with van der Waals surface area (Å²) in [6.07, 6.45) is 0.0796. The summed E-state index contributed by atoms with van der Waals surface area (Å²) >= 11 is 0. The Morgan fingerprint density at radius 1 is 0.915 bits per heavy atom. The molecule has 0 saturated heterocycles. The summed E-state index contributed by atoms with van der Waals surface area (Å²) in [7, 11) is 0. The van der Waals surface area contributed by atoms with Gasteiger partial charge in [-0.15, -0.1) is 0 Å². The van der Waals surface area contributed by atoms with Gasteiger partial charge in [0.1, 0.15) is 6.04 Å². The fraction of sp³-hybridized carbons (Fsp3) is 0.357. The maximum absolute atomic E-state index is 12.8. The first-order valence-corrected chi connectivity index (χ1v) is 14.1. The van der Waals surface area contributed by atoms with E-state index in [0.29, 0.717) is 11.4 Å². The van der Waals surface area contributed by atoms with E-state index in [1.807, 2.05) is 0 Å². The summed E-state index contributed by atoms with van der Waals surface area (Å²) < 4.78 is 0. The zero-order valence-corrected chi connectivity index (χ0v) is 25.0. The second-order valence-corrected chi connectivity index (χ2v) is 10.3. The molecule has 0 aliphatic heterocycles. The predicted molar refractivity (Wildman–Crippen MR) is 163 cm³/mol. The maximum Gasteiger partial charge on any atom is 0.326 e. The van der Waals surface area contributed by atoms with Crippen LogP contribution in [-0.4, -0.2) is 95.4 Å². The van der Waals surface area contributed by atoms with Gasteiger partial charge in [0.2, 0.25) is 11.9 Å². The van der Waals surface area contributed by atoms with Crippen molar-refractivity contribution in [2.45, 2.75) is 57.3 Å². The number of rotatable bonds is 18. The summed E-state index contributed by atoms with van der Waals surface area (Å²) in [5, 5.41) is 38.1. The number of carboxylic acid groups (broad SMARTS) is 3. The van der Waals surface area contributed by atoms with Crippen LogP contribution in [0.4, 0.5) is 11.6 Å². The number of anilines is 2. The van der Waals surface area contributed by atoms with E-state index in [-0.39, 0.29) is 48.6 Å². The van der Waals surface area contributed by atoms with Crippen molar-refractivity contribution in [3.05, 3.63) is 52.1 Å². The Labute approximate surface area is 265 Å². The minimum atomic E-state index is -1.35. The summed E-state index contributed by atoms with van der Waals surface area (Å²) in [6.45, 7) is 1.24. The third-order valence-electron chi connectivity index (χ3n) is 6.65. The molecule has 3 rings (SSSR count). The highest BCUT2D eigenvalue weighted by Gasteiger charge is 2.27. The lowest BCUT2D eigenvalue weighted by atomic mass is 10.1. The van der Waals surface area contributed by atoms with Crippen LogP contribution in [-0.2, 0) is 30.5 Å². The molecule has 47 heavy (non-hydrogen) atoms. The van der Waals surface area contributed by atoms with Crippen LogP contribution in [0.3, 0.4) is 0 Å². The fourth-order valence-corrected chi connectivity index (χ4v) is 4.25. The fourth-order valence-electron chi connectivity index (χ4n) is 4.25. The van der Waals surface area contributed by atoms with Crippen LogP contribution in [0.2, 0.25) is 0 Å². The van der Waals surface area contributed by atoms with E-state index in [1.165, 1.54) is 18.3 Å². The summed E-state index contributed by atoms with van der Waals surface area (Å²) in [4.78, 5) is 97.6. The number of nitrogen functional groups attached to an aromatic ring is 1. The lowest BCUT2D eigenvalue weighted by Crippen LogP contribution is -2.51. The first kappa shape index (κ1) is 35.5. The van der Waals surface area contributed by atoms with Crippen LogP contribution in [0.15, 0.2) is 35.3 Å². The molecule has 0 bridgehead atoms. The van der Waals surface area contributed by atoms with Crippen LogP contribution >= 0.6 is 0 Å². The zero-order valence-electron chi connectivity index (χ0n) is 25.0. The molecule has 0 radical (unpaired) electrons. The van der Waals surface area contributed by atoms with Crippen molar-refractivity contribution in [3.8, 4) is 0 Å². The molecule has 0 spiro atoms. The van der Waals surface area contributed by atoms with E-state index in [9.17, 15) is 38.7 Å². The van der Waals surface area contributed by atoms with Crippen molar-refractivity contribution in [3.63, 3.8) is 0 Å². The molecule has 19 heteroatoms. The van der Waals surface area contributed by atoms with Crippen LogP contribution < -0.4 is 32.6 Å². The average Bonchev–Trinajstić information content (AvgIpc) is 3.00. The summed E-state index contributed by atoms with van der Waals surface area (Å²) in [6, 6.07) is 2.10. The van der Waals surface area contributed by atoms with Crippen molar-refractivity contribution < 1.29 is 44.1 Å². The smallest absolute Gasteiger partial charge is 0.326 e. The first-order valence-electron chi connectivity index (χ1n) is 14.1. The SMILES string of the molecule is CC(=O)[C@@H](CC(=O)O)NC(=O)[C@@H](CC(=O)O)NCCC[C@H](NC(=O)c1ccc(NCc2cnc3nc(N)[nH]c(=O)c3n2)cc1)C(=O)O. The van der Waals surface area contributed by atoms with E-state index in [0.717, 1.165) is 6.92 Å². The monoisotopic (exact) mass is 655 g/mol. The molecular formula is C28H33N9O10. The minimum Gasteiger partial charge on any atom is -0.481 e. The van der Waals surface area contributed by atoms with Crippen LogP contribution in [0.5, 0.6) is 0 Å². The third-order valence-corrected chi connectivity index (χ3v) is 6.65. The molecule has 2 aromatic heterocycles. The van der Waals surface area contributed by atoms with E-state index in [2.05, 4.69) is 41.2 Å². The standard InChI is InChI=1S/C28H33N9O10/c1-13(38)18(9-20(39)40)35-25(44)19(10-21(41)42)30-8-2-3-17(27(46)47)34-24(43)14-4-6-15(7-5-14)31-11-16-12-32-23-22(33-16)26(45)37-28(29)36-23/h4-7,12,17-19,30-31H,2-3,8-11H2,1H3,(H,34,43)(H,35,44)(H,39,40)(H,41,42)(H,46,47)(H3,29,32,36,37,45)/t17-,18+,19+/m0/s1. The van der Waals surface area contributed by atoms with Gasteiger partial charge in [-0.3, -0.25) is 33.8 Å².